The summed E-state index contributed by atoms with van der Waals surface area (Å²) in [5, 5.41) is 5.82. The van der Waals surface area contributed by atoms with E-state index in [9.17, 15) is 14.4 Å². The van der Waals surface area contributed by atoms with Gasteiger partial charge in [-0.15, -0.1) is 0 Å². The Labute approximate surface area is 211 Å². The van der Waals surface area contributed by atoms with Crippen molar-refractivity contribution in [3.63, 3.8) is 0 Å². The van der Waals surface area contributed by atoms with Crippen molar-refractivity contribution in [2.45, 2.75) is 105 Å². The molecular formula is C28H45N3O4. The van der Waals surface area contributed by atoms with E-state index in [2.05, 4.69) is 31.4 Å². The molecule has 2 N–H and O–H groups in total. The largest absolute Gasteiger partial charge is 0.444 e. The van der Waals surface area contributed by atoms with Crippen LogP contribution in [0.4, 0.5) is 4.79 Å². The van der Waals surface area contributed by atoms with Gasteiger partial charge in [-0.2, -0.15) is 0 Å². The fourth-order valence-corrected chi connectivity index (χ4v) is 4.14. The normalized spacial score (nSPS) is 19.0. The highest BCUT2D eigenvalue weighted by molar-refractivity contribution is 5.92. The summed E-state index contributed by atoms with van der Waals surface area (Å²) in [6.07, 6.45) is 2.92. The van der Waals surface area contributed by atoms with Gasteiger partial charge in [0.15, 0.2) is 0 Å². The quantitative estimate of drug-likeness (QED) is 0.430. The van der Waals surface area contributed by atoms with Gasteiger partial charge < -0.3 is 20.3 Å². The molecule has 4 unspecified atom stereocenters. The number of nitrogens with zero attached hydrogens (tertiary/aromatic N) is 1. The number of rotatable bonds is 11. The SMILES string of the molecule is CCCCNC(=O)C(c1ccc(CC)cc1)N(C(=O)C(NC(=O)OC(C)(C)C)C(C)C)C1CC1C. The van der Waals surface area contributed by atoms with E-state index >= 15 is 0 Å². The van der Waals surface area contributed by atoms with Gasteiger partial charge in [-0.1, -0.05) is 65.3 Å². The van der Waals surface area contributed by atoms with E-state index < -0.39 is 23.8 Å². The minimum absolute atomic E-state index is 0.0584. The second-order valence-corrected chi connectivity index (χ2v) is 11.0. The number of aryl methyl sites for hydroxylation is 1. The maximum absolute atomic E-state index is 14.1. The van der Waals surface area contributed by atoms with Crippen LogP contribution in [-0.4, -0.2) is 47.0 Å². The second kappa shape index (κ2) is 12.4. The highest BCUT2D eigenvalue weighted by Gasteiger charge is 2.48. The molecule has 1 saturated carbocycles. The molecule has 0 saturated heterocycles. The predicted octanol–water partition coefficient (Wildman–Crippen LogP) is 4.99. The molecule has 7 heteroatoms. The summed E-state index contributed by atoms with van der Waals surface area (Å²) >= 11 is 0. The van der Waals surface area contributed by atoms with Crippen LogP contribution in [0.25, 0.3) is 0 Å². The van der Waals surface area contributed by atoms with E-state index in [-0.39, 0.29) is 29.7 Å². The van der Waals surface area contributed by atoms with E-state index in [0.717, 1.165) is 31.2 Å². The van der Waals surface area contributed by atoms with E-state index in [1.165, 1.54) is 5.56 Å². The van der Waals surface area contributed by atoms with Crippen LogP contribution in [0.5, 0.6) is 0 Å². The molecule has 0 aliphatic heterocycles. The van der Waals surface area contributed by atoms with Crippen LogP contribution in [0.15, 0.2) is 24.3 Å². The number of hydrogen-bond donors (Lipinski definition) is 2. The number of unbranched alkanes of at least 4 members (excludes halogenated alkanes) is 1. The van der Waals surface area contributed by atoms with Gasteiger partial charge in [0.2, 0.25) is 11.8 Å². The maximum atomic E-state index is 14.1. The van der Waals surface area contributed by atoms with Crippen molar-refractivity contribution < 1.29 is 19.1 Å². The molecule has 7 nitrogen and oxygen atoms in total. The zero-order valence-electron chi connectivity index (χ0n) is 22.8. The molecular weight excluding hydrogens is 442 g/mol. The molecule has 0 bridgehead atoms. The van der Waals surface area contributed by atoms with E-state index in [4.69, 9.17) is 4.74 Å². The fourth-order valence-electron chi connectivity index (χ4n) is 4.14. The number of carbonyl (C=O) groups is 3. The van der Waals surface area contributed by atoms with Gasteiger partial charge in [-0.05, 0) is 63.0 Å². The Hall–Kier alpha value is -2.57. The maximum Gasteiger partial charge on any atom is 0.408 e. The Morgan fingerprint density at radius 2 is 1.71 bits per heavy atom. The minimum Gasteiger partial charge on any atom is -0.444 e. The minimum atomic E-state index is -0.807. The third-order valence-corrected chi connectivity index (χ3v) is 6.34. The first kappa shape index (κ1) is 28.7. The molecule has 196 valence electrons. The van der Waals surface area contributed by atoms with Gasteiger partial charge in [-0.3, -0.25) is 9.59 Å². The Morgan fingerprint density at radius 3 is 2.17 bits per heavy atom. The molecule has 0 spiro atoms. The molecule has 1 aliphatic rings. The van der Waals surface area contributed by atoms with Gasteiger partial charge in [0.25, 0.3) is 0 Å². The van der Waals surface area contributed by atoms with Crippen LogP contribution in [-0.2, 0) is 20.7 Å². The van der Waals surface area contributed by atoms with Crippen LogP contribution in [0.3, 0.4) is 0 Å². The first-order valence-corrected chi connectivity index (χ1v) is 13.1. The summed E-state index contributed by atoms with van der Waals surface area (Å²) in [6.45, 7) is 15.9. The number of benzene rings is 1. The first-order valence-electron chi connectivity index (χ1n) is 13.1. The van der Waals surface area contributed by atoms with Crippen molar-refractivity contribution in [1.29, 1.82) is 0 Å². The number of amides is 3. The molecule has 35 heavy (non-hydrogen) atoms. The molecule has 0 radical (unpaired) electrons. The van der Waals surface area contributed by atoms with Crippen molar-refractivity contribution in [1.82, 2.24) is 15.5 Å². The third kappa shape index (κ3) is 8.25. The molecule has 1 aliphatic carbocycles. The third-order valence-electron chi connectivity index (χ3n) is 6.34. The van der Waals surface area contributed by atoms with E-state index in [1.807, 2.05) is 38.1 Å². The fraction of sp³-hybridized carbons (Fsp3) is 0.679. The second-order valence-electron chi connectivity index (χ2n) is 11.0. The monoisotopic (exact) mass is 487 g/mol. The van der Waals surface area contributed by atoms with Gasteiger partial charge in [0.1, 0.15) is 17.7 Å². The van der Waals surface area contributed by atoms with Gasteiger partial charge in [0.05, 0.1) is 0 Å². The molecule has 1 aromatic carbocycles. The average Bonchev–Trinajstić information content (AvgIpc) is 3.49. The van der Waals surface area contributed by atoms with Crippen molar-refractivity contribution in [3.05, 3.63) is 35.4 Å². The van der Waals surface area contributed by atoms with Gasteiger partial charge in [-0.25, -0.2) is 4.79 Å². The lowest BCUT2D eigenvalue weighted by molar-refractivity contribution is -0.144. The smallest absolute Gasteiger partial charge is 0.408 e. The lowest BCUT2D eigenvalue weighted by atomic mass is 9.97. The molecule has 0 aromatic heterocycles. The van der Waals surface area contributed by atoms with Gasteiger partial charge in [0, 0.05) is 12.6 Å². The summed E-state index contributed by atoms with van der Waals surface area (Å²) in [6, 6.07) is 6.29. The van der Waals surface area contributed by atoms with E-state index in [0.29, 0.717) is 6.54 Å². The predicted molar refractivity (Wildman–Crippen MR) is 139 cm³/mol. The summed E-state index contributed by atoms with van der Waals surface area (Å²) in [4.78, 5) is 41.9. The number of carbonyl (C=O) groups excluding carboxylic acids is 3. The number of ether oxygens (including phenoxy) is 1. The van der Waals surface area contributed by atoms with Crippen LogP contribution in [0.2, 0.25) is 0 Å². The summed E-state index contributed by atoms with van der Waals surface area (Å²) in [5.41, 5.74) is 1.27. The Morgan fingerprint density at radius 1 is 1.11 bits per heavy atom. The summed E-state index contributed by atoms with van der Waals surface area (Å²) in [5.74, 6) is -0.336. The Balaban J connectivity index is 2.44. The Kier molecular flexibility index (Phi) is 10.2. The number of hydrogen-bond acceptors (Lipinski definition) is 4. The van der Waals surface area contributed by atoms with Crippen LogP contribution >= 0.6 is 0 Å². The molecule has 4 atom stereocenters. The summed E-state index contributed by atoms with van der Waals surface area (Å²) < 4.78 is 5.43. The molecule has 2 rings (SSSR count). The number of nitrogens with one attached hydrogen (secondary N) is 2. The highest BCUT2D eigenvalue weighted by Crippen LogP contribution is 2.41. The van der Waals surface area contributed by atoms with Crippen LogP contribution < -0.4 is 10.6 Å². The van der Waals surface area contributed by atoms with Crippen LogP contribution in [0.1, 0.15) is 91.8 Å². The standard InChI is InChI=1S/C28H45N3O4/c1-9-11-16-29-25(32)24(21-14-12-20(10-2)13-15-21)31(22-17-19(22)5)26(33)23(18(3)4)30-27(34)35-28(6,7)8/h12-15,18-19,22-24H,9-11,16-17H2,1-8H3,(H,29,32)(H,30,34). The molecule has 0 heterocycles. The number of alkyl carbamates (subject to hydrolysis) is 1. The highest BCUT2D eigenvalue weighted by atomic mass is 16.6. The lowest BCUT2D eigenvalue weighted by Crippen LogP contribution is -2.55. The zero-order chi connectivity index (χ0) is 26.3. The zero-order valence-corrected chi connectivity index (χ0v) is 22.8. The van der Waals surface area contributed by atoms with Gasteiger partial charge >= 0.3 is 6.09 Å². The lowest BCUT2D eigenvalue weighted by Gasteiger charge is -2.36. The van der Waals surface area contributed by atoms with Crippen molar-refractivity contribution >= 4 is 17.9 Å². The average molecular weight is 488 g/mol. The van der Waals surface area contributed by atoms with Crippen molar-refractivity contribution in [3.8, 4) is 0 Å². The molecule has 1 aromatic rings. The summed E-state index contributed by atoms with van der Waals surface area (Å²) in [7, 11) is 0. The van der Waals surface area contributed by atoms with Crippen molar-refractivity contribution in [2.24, 2.45) is 11.8 Å². The van der Waals surface area contributed by atoms with Crippen LogP contribution in [0, 0.1) is 11.8 Å². The van der Waals surface area contributed by atoms with Crippen molar-refractivity contribution in [2.75, 3.05) is 6.54 Å². The van der Waals surface area contributed by atoms with E-state index in [1.54, 1.807) is 25.7 Å². The Bertz CT molecular complexity index is 860. The molecule has 3 amide bonds. The molecule has 1 fully saturated rings. The first-order chi connectivity index (χ1) is 16.4. The topological polar surface area (TPSA) is 87.7 Å².